The Balaban J connectivity index is 3.54. The van der Waals surface area contributed by atoms with Crippen LogP contribution in [0.25, 0.3) is 0 Å². The van der Waals surface area contributed by atoms with Crippen molar-refractivity contribution in [1.29, 1.82) is 0 Å². The van der Waals surface area contributed by atoms with Gasteiger partial charge in [0.2, 0.25) is 5.91 Å². The van der Waals surface area contributed by atoms with E-state index in [1.165, 1.54) is 250 Å². The summed E-state index contributed by atoms with van der Waals surface area (Å²) in [5.41, 5.74) is 0. The first-order valence-electron chi connectivity index (χ1n) is 27.0. The second-order valence-corrected chi connectivity index (χ2v) is 18.9. The summed E-state index contributed by atoms with van der Waals surface area (Å²) in [5.74, 6) is -0.309. The van der Waals surface area contributed by atoms with Gasteiger partial charge in [0.05, 0.1) is 31.3 Å². The van der Waals surface area contributed by atoms with Gasteiger partial charge >= 0.3 is 0 Å². The Kier molecular flexibility index (Phi) is 49.0. The number of carbonyl (C=O) groups excluding carboxylic acids is 1. The molecular weight excluding hydrogens is 727 g/mol. The second kappa shape index (κ2) is 49.7. The largest absolute Gasteiger partial charge is 0.394 e. The van der Waals surface area contributed by atoms with E-state index < -0.39 is 18.2 Å². The zero-order valence-corrected chi connectivity index (χ0v) is 40.2. The Morgan fingerprint density at radius 2 is 0.695 bits per heavy atom. The molecule has 0 rings (SSSR count). The van der Waals surface area contributed by atoms with Crippen molar-refractivity contribution >= 4 is 5.91 Å². The van der Waals surface area contributed by atoms with Crippen molar-refractivity contribution in [3.8, 4) is 0 Å². The summed E-state index contributed by atoms with van der Waals surface area (Å²) in [6.45, 7) is 4.25. The van der Waals surface area contributed by atoms with Gasteiger partial charge in [0.1, 0.15) is 0 Å². The molecule has 0 aromatic rings. The van der Waals surface area contributed by atoms with Crippen LogP contribution < -0.4 is 5.32 Å². The third-order valence-electron chi connectivity index (χ3n) is 12.8. The number of aliphatic hydroxyl groups is 3. The van der Waals surface area contributed by atoms with Crippen LogP contribution in [0.2, 0.25) is 0 Å². The third-order valence-corrected chi connectivity index (χ3v) is 12.8. The summed E-state index contributed by atoms with van der Waals surface area (Å²) in [6, 6.07) is -0.740. The fourth-order valence-corrected chi connectivity index (χ4v) is 8.70. The van der Waals surface area contributed by atoms with Crippen molar-refractivity contribution < 1.29 is 20.1 Å². The van der Waals surface area contributed by atoms with Gasteiger partial charge in [-0.25, -0.2) is 0 Å². The van der Waals surface area contributed by atoms with Gasteiger partial charge in [-0.3, -0.25) is 4.79 Å². The molecule has 0 fully saturated rings. The number of unbranched alkanes of at least 4 members (excludes halogenated alkanes) is 41. The average molecular weight is 834 g/mol. The highest BCUT2D eigenvalue weighted by molar-refractivity contribution is 5.76. The van der Waals surface area contributed by atoms with Crippen LogP contribution in [0, 0.1) is 0 Å². The minimum atomic E-state index is -0.925. The molecule has 5 heteroatoms. The lowest BCUT2D eigenvalue weighted by Crippen LogP contribution is -2.45. The molecule has 0 saturated carbocycles. The Morgan fingerprint density at radius 3 is 0.983 bits per heavy atom. The number of aliphatic hydroxyl groups excluding tert-OH is 3. The fraction of sp³-hybridized carbons (Fsp3) is 0.944. The fourth-order valence-electron chi connectivity index (χ4n) is 8.70. The summed E-state index contributed by atoms with van der Waals surface area (Å²) in [4.78, 5) is 12.5. The molecule has 0 aliphatic carbocycles. The molecule has 1 amide bonds. The smallest absolute Gasteiger partial charge is 0.222 e. The van der Waals surface area contributed by atoms with Gasteiger partial charge in [-0.05, 0) is 19.3 Å². The quantitative estimate of drug-likeness (QED) is 0.0363. The molecule has 59 heavy (non-hydrogen) atoms. The van der Waals surface area contributed by atoms with Gasteiger partial charge in [0.15, 0.2) is 0 Å². The number of hydrogen-bond donors (Lipinski definition) is 4. The summed E-state index contributed by atoms with van der Waals surface area (Å²) in [5, 5.41) is 33.4. The van der Waals surface area contributed by atoms with Crippen molar-refractivity contribution in [2.24, 2.45) is 0 Å². The van der Waals surface area contributed by atoms with E-state index in [-0.39, 0.29) is 18.9 Å². The normalized spacial score (nSPS) is 13.4. The molecule has 0 aromatic carbocycles. The van der Waals surface area contributed by atoms with Crippen molar-refractivity contribution in [2.45, 2.75) is 321 Å². The minimum Gasteiger partial charge on any atom is -0.394 e. The lowest BCUT2D eigenvalue weighted by Gasteiger charge is -2.21. The van der Waals surface area contributed by atoms with Crippen LogP contribution in [0.1, 0.15) is 303 Å². The molecule has 0 aliphatic heterocycles. The van der Waals surface area contributed by atoms with Crippen LogP contribution in [0.15, 0.2) is 12.2 Å². The van der Waals surface area contributed by atoms with Crippen LogP contribution in [0.3, 0.4) is 0 Å². The first kappa shape index (κ1) is 58.1. The van der Waals surface area contributed by atoms with E-state index in [4.69, 9.17) is 0 Å². The molecule has 0 aromatic heterocycles. The topological polar surface area (TPSA) is 89.8 Å². The van der Waals surface area contributed by atoms with E-state index >= 15 is 0 Å². The van der Waals surface area contributed by atoms with Gasteiger partial charge in [-0.15, -0.1) is 0 Å². The molecule has 0 bridgehead atoms. The Bertz CT molecular complexity index is 833. The van der Waals surface area contributed by atoms with Gasteiger partial charge in [-0.1, -0.05) is 289 Å². The Labute approximate surface area is 369 Å². The molecule has 4 N–H and O–H groups in total. The van der Waals surface area contributed by atoms with E-state index in [1.807, 2.05) is 6.08 Å². The average Bonchev–Trinajstić information content (AvgIpc) is 3.23. The van der Waals surface area contributed by atoms with Crippen LogP contribution in [-0.4, -0.2) is 46.1 Å². The molecule has 0 radical (unpaired) electrons. The van der Waals surface area contributed by atoms with E-state index in [0.717, 1.165) is 25.7 Å². The van der Waals surface area contributed by atoms with Crippen molar-refractivity contribution in [3.05, 3.63) is 12.2 Å². The van der Waals surface area contributed by atoms with Gasteiger partial charge in [-0.2, -0.15) is 0 Å². The zero-order chi connectivity index (χ0) is 43.0. The van der Waals surface area contributed by atoms with Gasteiger partial charge < -0.3 is 20.6 Å². The number of carbonyl (C=O) groups is 1. The molecule has 0 saturated heterocycles. The molecular formula is C54H107NO4. The van der Waals surface area contributed by atoms with E-state index in [0.29, 0.717) is 6.42 Å². The van der Waals surface area contributed by atoms with Crippen LogP contribution >= 0.6 is 0 Å². The SMILES string of the molecule is CCCCCCCCCCCCCCCCCCC/C=C/C(O)C(CO)NC(=O)CC(O)CCCCCCCCCCCCCCCCCCCCCCCCCCC. The summed E-state index contributed by atoms with van der Waals surface area (Å²) in [7, 11) is 0. The lowest BCUT2D eigenvalue weighted by molar-refractivity contribution is -0.124. The molecule has 5 nitrogen and oxygen atoms in total. The molecule has 352 valence electrons. The predicted molar refractivity (Wildman–Crippen MR) is 259 cm³/mol. The van der Waals surface area contributed by atoms with E-state index in [9.17, 15) is 20.1 Å². The summed E-state index contributed by atoms with van der Waals surface area (Å²) >= 11 is 0. The number of allylic oxidation sites excluding steroid dienone is 1. The highest BCUT2D eigenvalue weighted by atomic mass is 16.3. The highest BCUT2D eigenvalue weighted by Gasteiger charge is 2.20. The Hall–Kier alpha value is -0.910. The highest BCUT2D eigenvalue weighted by Crippen LogP contribution is 2.18. The van der Waals surface area contributed by atoms with Gasteiger partial charge in [0, 0.05) is 0 Å². The van der Waals surface area contributed by atoms with Crippen molar-refractivity contribution in [2.75, 3.05) is 6.61 Å². The number of amides is 1. The number of rotatable bonds is 50. The molecule has 3 atom stereocenters. The maximum Gasteiger partial charge on any atom is 0.222 e. The number of nitrogens with one attached hydrogen (secondary N) is 1. The van der Waals surface area contributed by atoms with Crippen molar-refractivity contribution in [1.82, 2.24) is 5.32 Å². The minimum absolute atomic E-state index is 0.0194. The maximum atomic E-state index is 12.5. The standard InChI is InChI=1S/C54H107NO4/c1-3-5-7-9-11-13-15-17-19-21-23-24-25-26-27-28-30-31-33-35-37-39-41-43-45-47-51(57)49-54(59)55-52(50-56)53(58)48-46-44-42-40-38-36-34-32-29-22-20-18-16-14-12-10-8-6-4-2/h46,48,51-53,56-58H,3-45,47,49-50H2,1-2H3,(H,55,59)/b48-46+. The number of hydrogen-bond acceptors (Lipinski definition) is 4. The van der Waals surface area contributed by atoms with E-state index in [1.54, 1.807) is 6.08 Å². The second-order valence-electron chi connectivity index (χ2n) is 18.9. The molecule has 0 heterocycles. The van der Waals surface area contributed by atoms with Crippen LogP contribution in [-0.2, 0) is 4.79 Å². The maximum absolute atomic E-state index is 12.5. The molecule has 0 spiro atoms. The predicted octanol–water partition coefficient (Wildman–Crippen LogP) is 16.3. The van der Waals surface area contributed by atoms with E-state index in [2.05, 4.69) is 19.2 Å². The Morgan fingerprint density at radius 1 is 0.424 bits per heavy atom. The first-order valence-corrected chi connectivity index (χ1v) is 27.0. The van der Waals surface area contributed by atoms with Gasteiger partial charge in [0.25, 0.3) is 0 Å². The monoisotopic (exact) mass is 834 g/mol. The van der Waals surface area contributed by atoms with Crippen LogP contribution in [0.4, 0.5) is 0 Å². The zero-order valence-electron chi connectivity index (χ0n) is 40.2. The lowest BCUT2D eigenvalue weighted by atomic mass is 10.0. The third kappa shape index (κ3) is 46.4. The van der Waals surface area contributed by atoms with Crippen LogP contribution in [0.5, 0.6) is 0 Å². The summed E-state index contributed by atoms with van der Waals surface area (Å²) in [6.07, 6.45) is 61.0. The summed E-state index contributed by atoms with van der Waals surface area (Å²) < 4.78 is 0. The molecule has 0 aliphatic rings. The first-order chi connectivity index (χ1) is 29.0. The molecule has 3 unspecified atom stereocenters. The van der Waals surface area contributed by atoms with Crippen molar-refractivity contribution in [3.63, 3.8) is 0 Å².